The van der Waals surface area contributed by atoms with E-state index in [0.29, 0.717) is 11.3 Å². The Morgan fingerprint density at radius 1 is 1.12 bits per heavy atom. The summed E-state index contributed by atoms with van der Waals surface area (Å²) in [5.74, 6) is 0. The third-order valence-corrected chi connectivity index (χ3v) is 7.82. The summed E-state index contributed by atoms with van der Waals surface area (Å²) in [5.41, 5.74) is 1.19. The number of hydrogen-bond donors (Lipinski definition) is 0. The Bertz CT molecular complexity index is 1010. The van der Waals surface area contributed by atoms with Gasteiger partial charge in [-0.25, -0.2) is 16.8 Å². The molecular weight excluding hydrogens is 372 g/mol. The number of benzene rings is 1. The minimum absolute atomic E-state index is 0.00270. The van der Waals surface area contributed by atoms with Gasteiger partial charge in [-0.3, -0.25) is 4.98 Å². The van der Waals surface area contributed by atoms with Crippen LogP contribution >= 0.6 is 0 Å². The maximum atomic E-state index is 13.4. The summed E-state index contributed by atoms with van der Waals surface area (Å²) in [5, 5.41) is 0. The molecule has 0 aliphatic heterocycles. The number of sulfonamides is 1. The van der Waals surface area contributed by atoms with Gasteiger partial charge < -0.3 is 0 Å². The Balaban J connectivity index is 2.10. The molecule has 1 aromatic carbocycles. The molecule has 0 radical (unpaired) electrons. The molecule has 3 rings (SSSR count). The molecule has 2 aromatic rings. The van der Waals surface area contributed by atoms with Crippen molar-refractivity contribution >= 4 is 19.9 Å². The normalized spacial score (nSPS) is 16.6. The Morgan fingerprint density at radius 2 is 1.81 bits per heavy atom. The van der Waals surface area contributed by atoms with E-state index < -0.39 is 25.9 Å². The molecular formula is C18H22N2O4S2. The molecule has 1 heterocycles. The van der Waals surface area contributed by atoms with Crippen molar-refractivity contribution in [3.05, 3.63) is 53.9 Å². The molecule has 0 bridgehead atoms. The number of hydrogen-bond acceptors (Lipinski definition) is 5. The van der Waals surface area contributed by atoms with Gasteiger partial charge in [-0.1, -0.05) is 12.1 Å². The average molecular weight is 395 g/mol. The van der Waals surface area contributed by atoms with Gasteiger partial charge in [0.05, 0.1) is 21.5 Å². The zero-order valence-electron chi connectivity index (χ0n) is 15.0. The summed E-state index contributed by atoms with van der Waals surface area (Å²) in [6.07, 6.45) is 4.30. The second-order valence-electron chi connectivity index (χ2n) is 6.70. The molecule has 8 heteroatoms. The van der Waals surface area contributed by atoms with Crippen LogP contribution in [0.25, 0.3) is 0 Å². The first kappa shape index (κ1) is 19.0. The third-order valence-electron chi connectivity index (χ3n) is 4.55. The van der Waals surface area contributed by atoms with Gasteiger partial charge in [0.2, 0.25) is 10.0 Å². The van der Waals surface area contributed by atoms with E-state index in [0.717, 1.165) is 19.1 Å². The van der Waals surface area contributed by atoms with Gasteiger partial charge in [0.1, 0.15) is 0 Å². The SMILES string of the molecule is Cc1ccc(S(C)(=O)=O)cc1S(=O)(=O)N(C1CC1)C(C)c1ccccn1. The van der Waals surface area contributed by atoms with Crippen LogP contribution in [0, 0.1) is 6.92 Å². The average Bonchev–Trinajstić information content (AvgIpc) is 3.39. The molecule has 1 atom stereocenters. The number of aromatic nitrogens is 1. The van der Waals surface area contributed by atoms with Crippen molar-refractivity contribution in [2.45, 2.75) is 48.6 Å². The van der Waals surface area contributed by atoms with Crippen molar-refractivity contribution in [2.24, 2.45) is 0 Å². The topological polar surface area (TPSA) is 84.4 Å². The van der Waals surface area contributed by atoms with Crippen LogP contribution in [-0.4, -0.2) is 38.4 Å². The highest BCUT2D eigenvalue weighted by molar-refractivity contribution is 7.91. The minimum Gasteiger partial charge on any atom is -0.260 e. The lowest BCUT2D eigenvalue weighted by Gasteiger charge is -2.28. The standard InChI is InChI=1S/C18H22N2O4S2/c1-13-7-10-16(25(3,21)22)12-18(13)26(23,24)20(15-8-9-15)14(2)17-6-4-5-11-19-17/h4-7,10-12,14-15H,8-9H2,1-3H3. The second-order valence-corrected chi connectivity index (χ2v) is 10.5. The number of sulfone groups is 1. The van der Waals surface area contributed by atoms with Crippen molar-refractivity contribution in [1.82, 2.24) is 9.29 Å². The van der Waals surface area contributed by atoms with E-state index in [1.54, 1.807) is 31.3 Å². The smallest absolute Gasteiger partial charge is 0.244 e. The minimum atomic E-state index is -3.87. The first-order chi connectivity index (χ1) is 12.1. The molecule has 0 amide bonds. The Hall–Kier alpha value is -1.77. The lowest BCUT2D eigenvalue weighted by molar-refractivity contribution is 0.328. The number of nitrogens with zero attached hydrogens (tertiary/aromatic N) is 2. The first-order valence-electron chi connectivity index (χ1n) is 8.37. The van der Waals surface area contributed by atoms with Gasteiger partial charge in [0.15, 0.2) is 9.84 Å². The largest absolute Gasteiger partial charge is 0.260 e. The van der Waals surface area contributed by atoms with Gasteiger partial charge in [-0.05, 0) is 56.5 Å². The Labute approximate surface area is 154 Å². The van der Waals surface area contributed by atoms with E-state index in [-0.39, 0.29) is 15.8 Å². The first-order valence-corrected chi connectivity index (χ1v) is 11.7. The van der Waals surface area contributed by atoms with E-state index in [4.69, 9.17) is 0 Å². The third kappa shape index (κ3) is 3.67. The summed E-state index contributed by atoms with van der Waals surface area (Å²) >= 11 is 0. The quantitative estimate of drug-likeness (QED) is 0.752. The summed E-state index contributed by atoms with van der Waals surface area (Å²) in [7, 11) is -7.37. The zero-order valence-corrected chi connectivity index (χ0v) is 16.6. The lowest BCUT2D eigenvalue weighted by Crippen LogP contribution is -2.36. The molecule has 1 fully saturated rings. The predicted octanol–water partition coefficient (Wildman–Crippen LogP) is 2.71. The number of rotatable bonds is 6. The highest BCUT2D eigenvalue weighted by Crippen LogP contribution is 2.39. The van der Waals surface area contributed by atoms with E-state index in [1.165, 1.54) is 16.4 Å². The van der Waals surface area contributed by atoms with Crippen LogP contribution in [0.15, 0.2) is 52.4 Å². The van der Waals surface area contributed by atoms with Gasteiger partial charge in [0, 0.05) is 18.5 Å². The summed E-state index contributed by atoms with van der Waals surface area (Å²) in [6.45, 7) is 3.49. The van der Waals surface area contributed by atoms with Crippen LogP contribution in [0.1, 0.15) is 37.1 Å². The summed E-state index contributed by atoms with van der Waals surface area (Å²) in [6, 6.07) is 9.13. The van der Waals surface area contributed by atoms with Crippen LogP contribution in [0.4, 0.5) is 0 Å². The molecule has 6 nitrogen and oxygen atoms in total. The number of pyridine rings is 1. The Kier molecular flexibility index (Phi) is 4.94. The maximum Gasteiger partial charge on any atom is 0.244 e. The fourth-order valence-electron chi connectivity index (χ4n) is 3.01. The van der Waals surface area contributed by atoms with E-state index in [1.807, 2.05) is 13.0 Å². The molecule has 1 aromatic heterocycles. The van der Waals surface area contributed by atoms with Crippen LogP contribution in [0.3, 0.4) is 0 Å². The molecule has 1 aliphatic carbocycles. The van der Waals surface area contributed by atoms with Crippen molar-refractivity contribution in [2.75, 3.05) is 6.26 Å². The van der Waals surface area contributed by atoms with E-state index in [9.17, 15) is 16.8 Å². The number of aryl methyl sites for hydroxylation is 1. The molecule has 140 valence electrons. The van der Waals surface area contributed by atoms with Crippen molar-refractivity contribution < 1.29 is 16.8 Å². The summed E-state index contributed by atoms with van der Waals surface area (Å²) < 4.78 is 52.1. The van der Waals surface area contributed by atoms with Gasteiger partial charge in [-0.2, -0.15) is 4.31 Å². The molecule has 1 unspecified atom stereocenters. The fraction of sp³-hybridized carbons (Fsp3) is 0.389. The van der Waals surface area contributed by atoms with E-state index in [2.05, 4.69) is 4.98 Å². The van der Waals surface area contributed by atoms with Crippen molar-refractivity contribution in [3.63, 3.8) is 0 Å². The van der Waals surface area contributed by atoms with Crippen molar-refractivity contribution in [1.29, 1.82) is 0 Å². The zero-order chi connectivity index (χ0) is 19.1. The van der Waals surface area contributed by atoms with Gasteiger partial charge >= 0.3 is 0 Å². The van der Waals surface area contributed by atoms with Crippen LogP contribution in [-0.2, 0) is 19.9 Å². The highest BCUT2D eigenvalue weighted by Gasteiger charge is 2.42. The molecule has 0 spiro atoms. The lowest BCUT2D eigenvalue weighted by atomic mass is 10.2. The summed E-state index contributed by atoms with van der Waals surface area (Å²) in [4.78, 5) is 4.33. The molecule has 1 saturated carbocycles. The Morgan fingerprint density at radius 3 is 2.35 bits per heavy atom. The monoisotopic (exact) mass is 394 g/mol. The molecule has 1 aliphatic rings. The van der Waals surface area contributed by atoms with E-state index >= 15 is 0 Å². The van der Waals surface area contributed by atoms with Crippen LogP contribution in [0.2, 0.25) is 0 Å². The van der Waals surface area contributed by atoms with Gasteiger partial charge in [0.25, 0.3) is 0 Å². The second kappa shape index (κ2) is 6.75. The van der Waals surface area contributed by atoms with Gasteiger partial charge in [-0.15, -0.1) is 0 Å². The fourth-order valence-corrected chi connectivity index (χ4v) is 5.83. The predicted molar refractivity (Wildman–Crippen MR) is 99.0 cm³/mol. The van der Waals surface area contributed by atoms with Crippen molar-refractivity contribution in [3.8, 4) is 0 Å². The van der Waals surface area contributed by atoms with Crippen LogP contribution < -0.4 is 0 Å². The van der Waals surface area contributed by atoms with Crippen LogP contribution in [0.5, 0.6) is 0 Å². The molecule has 0 N–H and O–H groups in total. The molecule has 0 saturated heterocycles. The molecule has 26 heavy (non-hydrogen) atoms. The maximum absolute atomic E-state index is 13.4. The highest BCUT2D eigenvalue weighted by atomic mass is 32.2.